The standard InChI is InChI=1S/C12H14F3NO3/c1-2-19-11(18)10(16-7-12(13,14)15)8-4-3-5-9(17)6-8/h3-6,10,16-17H,2,7H2,1H3. The summed E-state index contributed by atoms with van der Waals surface area (Å²) < 4.78 is 41.3. The molecule has 0 aliphatic rings. The third-order valence-electron chi connectivity index (χ3n) is 2.23. The van der Waals surface area contributed by atoms with Crippen LogP contribution in [0.1, 0.15) is 18.5 Å². The Morgan fingerprint density at radius 3 is 2.68 bits per heavy atom. The van der Waals surface area contributed by atoms with E-state index in [0.29, 0.717) is 0 Å². The normalized spacial score (nSPS) is 13.1. The zero-order valence-electron chi connectivity index (χ0n) is 10.2. The number of phenols is 1. The van der Waals surface area contributed by atoms with E-state index < -0.39 is 24.7 Å². The molecule has 0 heterocycles. The van der Waals surface area contributed by atoms with Crippen LogP contribution in [0.5, 0.6) is 5.75 Å². The van der Waals surface area contributed by atoms with Gasteiger partial charge in [0.2, 0.25) is 0 Å². The minimum atomic E-state index is -4.44. The number of ether oxygens (including phenoxy) is 1. The zero-order valence-corrected chi connectivity index (χ0v) is 10.2. The molecule has 1 unspecified atom stereocenters. The molecule has 19 heavy (non-hydrogen) atoms. The van der Waals surface area contributed by atoms with Crippen molar-refractivity contribution < 1.29 is 27.8 Å². The maximum absolute atomic E-state index is 12.2. The topological polar surface area (TPSA) is 58.6 Å². The summed E-state index contributed by atoms with van der Waals surface area (Å²) in [4.78, 5) is 11.6. The predicted molar refractivity (Wildman–Crippen MR) is 61.5 cm³/mol. The van der Waals surface area contributed by atoms with Gasteiger partial charge in [-0.05, 0) is 24.6 Å². The third-order valence-corrected chi connectivity index (χ3v) is 2.23. The van der Waals surface area contributed by atoms with Gasteiger partial charge in [0, 0.05) is 0 Å². The van der Waals surface area contributed by atoms with Crippen LogP contribution in [-0.2, 0) is 9.53 Å². The van der Waals surface area contributed by atoms with E-state index >= 15 is 0 Å². The lowest BCUT2D eigenvalue weighted by atomic mass is 10.1. The van der Waals surface area contributed by atoms with Crippen molar-refractivity contribution in [3.63, 3.8) is 0 Å². The number of hydrogen-bond acceptors (Lipinski definition) is 4. The number of hydrogen-bond donors (Lipinski definition) is 2. The highest BCUT2D eigenvalue weighted by atomic mass is 19.4. The van der Waals surface area contributed by atoms with Gasteiger partial charge in [-0.15, -0.1) is 0 Å². The van der Waals surface area contributed by atoms with Gasteiger partial charge in [0.1, 0.15) is 11.8 Å². The summed E-state index contributed by atoms with van der Waals surface area (Å²) in [7, 11) is 0. The Kier molecular flexibility index (Phi) is 5.17. The van der Waals surface area contributed by atoms with E-state index in [0.717, 1.165) is 0 Å². The average Bonchev–Trinajstić information content (AvgIpc) is 2.28. The fourth-order valence-corrected chi connectivity index (χ4v) is 1.49. The molecule has 0 aromatic heterocycles. The van der Waals surface area contributed by atoms with Crippen LogP contribution in [0.2, 0.25) is 0 Å². The molecular weight excluding hydrogens is 263 g/mol. The van der Waals surface area contributed by atoms with Crippen molar-refractivity contribution in [3.05, 3.63) is 29.8 Å². The van der Waals surface area contributed by atoms with Crippen LogP contribution in [-0.4, -0.2) is 30.4 Å². The molecule has 1 aromatic rings. The number of rotatable bonds is 5. The summed E-state index contributed by atoms with van der Waals surface area (Å²) in [6.07, 6.45) is -4.44. The van der Waals surface area contributed by atoms with Gasteiger partial charge in [0.25, 0.3) is 0 Å². The Bertz CT molecular complexity index is 434. The molecule has 0 aliphatic heterocycles. The average molecular weight is 277 g/mol. The van der Waals surface area contributed by atoms with Crippen LogP contribution in [0.4, 0.5) is 13.2 Å². The maximum Gasteiger partial charge on any atom is 0.401 e. The Balaban J connectivity index is 2.89. The molecular formula is C12H14F3NO3. The highest BCUT2D eigenvalue weighted by Crippen LogP contribution is 2.21. The van der Waals surface area contributed by atoms with Crippen molar-refractivity contribution >= 4 is 5.97 Å². The fourth-order valence-electron chi connectivity index (χ4n) is 1.49. The van der Waals surface area contributed by atoms with Crippen LogP contribution < -0.4 is 5.32 Å². The number of halogens is 3. The molecule has 1 aromatic carbocycles. The minimum Gasteiger partial charge on any atom is -0.508 e. The number of aromatic hydroxyl groups is 1. The van der Waals surface area contributed by atoms with Gasteiger partial charge in [-0.25, -0.2) is 4.79 Å². The molecule has 7 heteroatoms. The van der Waals surface area contributed by atoms with Gasteiger partial charge in [-0.1, -0.05) is 12.1 Å². The van der Waals surface area contributed by atoms with Gasteiger partial charge < -0.3 is 9.84 Å². The lowest BCUT2D eigenvalue weighted by Gasteiger charge is -2.18. The van der Waals surface area contributed by atoms with Crippen LogP contribution in [0.3, 0.4) is 0 Å². The summed E-state index contributed by atoms with van der Waals surface area (Å²) in [5.74, 6) is -0.960. The molecule has 1 atom stereocenters. The zero-order chi connectivity index (χ0) is 14.5. The molecule has 0 bridgehead atoms. The van der Waals surface area contributed by atoms with Crippen molar-refractivity contribution in [1.82, 2.24) is 5.32 Å². The van der Waals surface area contributed by atoms with Gasteiger partial charge in [-0.3, -0.25) is 5.32 Å². The quantitative estimate of drug-likeness (QED) is 0.810. The maximum atomic E-state index is 12.2. The molecule has 0 saturated heterocycles. The molecule has 0 saturated carbocycles. The van der Waals surface area contributed by atoms with Crippen LogP contribution in [0.25, 0.3) is 0 Å². The Labute approximate surface area is 108 Å². The largest absolute Gasteiger partial charge is 0.508 e. The highest BCUT2D eigenvalue weighted by Gasteiger charge is 2.31. The SMILES string of the molecule is CCOC(=O)C(NCC(F)(F)F)c1cccc(O)c1. The Morgan fingerprint density at radius 2 is 2.16 bits per heavy atom. The monoisotopic (exact) mass is 277 g/mol. The van der Waals surface area contributed by atoms with Gasteiger partial charge in [0.15, 0.2) is 0 Å². The van der Waals surface area contributed by atoms with Crippen molar-refractivity contribution in [2.75, 3.05) is 13.2 Å². The Morgan fingerprint density at radius 1 is 1.47 bits per heavy atom. The summed E-state index contributed by atoms with van der Waals surface area (Å²) in [6, 6.07) is 4.17. The second kappa shape index (κ2) is 6.42. The van der Waals surface area contributed by atoms with E-state index in [4.69, 9.17) is 4.74 Å². The molecule has 4 nitrogen and oxygen atoms in total. The molecule has 0 fully saturated rings. The number of phenolic OH excluding ortho intramolecular Hbond substituents is 1. The number of benzene rings is 1. The van der Waals surface area contributed by atoms with Crippen LogP contribution in [0, 0.1) is 0 Å². The first-order valence-electron chi connectivity index (χ1n) is 5.59. The van der Waals surface area contributed by atoms with Gasteiger partial charge in [0.05, 0.1) is 13.2 Å². The van der Waals surface area contributed by atoms with E-state index in [1.807, 2.05) is 0 Å². The lowest BCUT2D eigenvalue weighted by Crippen LogP contribution is -2.36. The van der Waals surface area contributed by atoms with Crippen molar-refractivity contribution in [2.45, 2.75) is 19.1 Å². The molecule has 2 N–H and O–H groups in total. The van der Waals surface area contributed by atoms with Gasteiger partial charge >= 0.3 is 12.1 Å². The highest BCUT2D eigenvalue weighted by molar-refractivity contribution is 5.77. The summed E-state index contributed by atoms with van der Waals surface area (Å²) in [5, 5.41) is 11.4. The smallest absolute Gasteiger partial charge is 0.401 e. The number of alkyl halides is 3. The second-order valence-corrected chi connectivity index (χ2v) is 3.78. The van der Waals surface area contributed by atoms with Crippen LogP contribution in [0.15, 0.2) is 24.3 Å². The van der Waals surface area contributed by atoms with Crippen LogP contribution >= 0.6 is 0 Å². The number of carbonyl (C=O) groups is 1. The number of carbonyl (C=O) groups excluding carboxylic acids is 1. The first kappa shape index (κ1) is 15.3. The number of nitrogens with one attached hydrogen (secondary N) is 1. The fraction of sp³-hybridized carbons (Fsp3) is 0.417. The minimum absolute atomic E-state index is 0.0574. The lowest BCUT2D eigenvalue weighted by molar-refractivity contribution is -0.149. The second-order valence-electron chi connectivity index (χ2n) is 3.78. The van der Waals surface area contributed by atoms with E-state index in [2.05, 4.69) is 5.32 Å². The van der Waals surface area contributed by atoms with Crippen molar-refractivity contribution in [1.29, 1.82) is 0 Å². The van der Waals surface area contributed by atoms with Gasteiger partial charge in [-0.2, -0.15) is 13.2 Å². The molecule has 0 spiro atoms. The van der Waals surface area contributed by atoms with E-state index in [9.17, 15) is 23.1 Å². The molecule has 0 radical (unpaired) electrons. The van der Waals surface area contributed by atoms with Crippen molar-refractivity contribution in [3.8, 4) is 5.75 Å². The molecule has 0 aliphatic carbocycles. The number of esters is 1. The first-order valence-corrected chi connectivity index (χ1v) is 5.59. The van der Waals surface area contributed by atoms with E-state index in [1.165, 1.54) is 24.3 Å². The summed E-state index contributed by atoms with van der Waals surface area (Å²) >= 11 is 0. The predicted octanol–water partition coefficient (Wildman–Crippen LogP) is 2.15. The first-order chi connectivity index (χ1) is 8.83. The third kappa shape index (κ3) is 5.17. The summed E-state index contributed by atoms with van der Waals surface area (Å²) in [5.41, 5.74) is 0.211. The summed E-state index contributed by atoms with van der Waals surface area (Å²) in [6.45, 7) is 0.287. The Hall–Kier alpha value is -1.76. The molecule has 0 amide bonds. The van der Waals surface area contributed by atoms with Crippen molar-refractivity contribution in [2.24, 2.45) is 0 Å². The molecule has 106 valence electrons. The van der Waals surface area contributed by atoms with E-state index in [-0.39, 0.29) is 17.9 Å². The van der Waals surface area contributed by atoms with E-state index in [1.54, 1.807) is 6.92 Å². The molecule has 1 rings (SSSR count).